The lowest BCUT2D eigenvalue weighted by atomic mass is 10.2. The van der Waals surface area contributed by atoms with Crippen molar-refractivity contribution in [3.05, 3.63) is 12.7 Å². The summed E-state index contributed by atoms with van der Waals surface area (Å²) in [4.78, 5) is 21.0. The SMILES string of the molecule is C=CCOC(=O)NCC[C@H](O)CC(=O)O. The molecule has 0 radical (unpaired) electrons. The molecule has 15 heavy (non-hydrogen) atoms. The van der Waals surface area contributed by atoms with E-state index in [9.17, 15) is 9.59 Å². The second-order valence-corrected chi connectivity index (χ2v) is 2.85. The van der Waals surface area contributed by atoms with Gasteiger partial charge in [-0.1, -0.05) is 12.7 Å². The zero-order valence-corrected chi connectivity index (χ0v) is 8.31. The van der Waals surface area contributed by atoms with Crippen LogP contribution in [0.4, 0.5) is 4.79 Å². The number of carboxylic acids is 1. The smallest absolute Gasteiger partial charge is 0.407 e. The second-order valence-electron chi connectivity index (χ2n) is 2.85. The zero-order chi connectivity index (χ0) is 11.7. The molecular weight excluding hydrogens is 202 g/mol. The van der Waals surface area contributed by atoms with E-state index >= 15 is 0 Å². The third kappa shape index (κ3) is 8.76. The number of aliphatic carboxylic acids is 1. The van der Waals surface area contributed by atoms with Crippen molar-refractivity contribution in [2.75, 3.05) is 13.2 Å². The minimum absolute atomic E-state index is 0.115. The molecule has 0 aromatic heterocycles. The first-order valence-corrected chi connectivity index (χ1v) is 4.47. The monoisotopic (exact) mass is 217 g/mol. The van der Waals surface area contributed by atoms with Gasteiger partial charge in [0.25, 0.3) is 0 Å². The van der Waals surface area contributed by atoms with Crippen molar-refractivity contribution >= 4 is 12.1 Å². The fraction of sp³-hybridized carbons (Fsp3) is 0.556. The average Bonchev–Trinajstić information content (AvgIpc) is 2.13. The van der Waals surface area contributed by atoms with Crippen LogP contribution in [0.5, 0.6) is 0 Å². The van der Waals surface area contributed by atoms with E-state index in [0.29, 0.717) is 0 Å². The van der Waals surface area contributed by atoms with E-state index in [1.54, 1.807) is 0 Å². The highest BCUT2D eigenvalue weighted by Gasteiger charge is 2.09. The van der Waals surface area contributed by atoms with E-state index in [4.69, 9.17) is 10.2 Å². The summed E-state index contributed by atoms with van der Waals surface area (Å²) in [7, 11) is 0. The van der Waals surface area contributed by atoms with Crippen LogP contribution in [-0.4, -0.2) is 41.5 Å². The van der Waals surface area contributed by atoms with Crippen LogP contribution in [-0.2, 0) is 9.53 Å². The third-order valence-electron chi connectivity index (χ3n) is 1.49. The van der Waals surface area contributed by atoms with Crippen LogP contribution in [0, 0.1) is 0 Å². The highest BCUT2D eigenvalue weighted by atomic mass is 16.5. The van der Waals surface area contributed by atoms with Gasteiger partial charge in [0.15, 0.2) is 0 Å². The Kier molecular flexibility index (Phi) is 7.00. The van der Waals surface area contributed by atoms with E-state index < -0.39 is 18.2 Å². The van der Waals surface area contributed by atoms with Crippen LogP contribution in [0.1, 0.15) is 12.8 Å². The van der Waals surface area contributed by atoms with Gasteiger partial charge in [-0.25, -0.2) is 4.79 Å². The lowest BCUT2D eigenvalue weighted by Crippen LogP contribution is -2.28. The predicted molar refractivity (Wildman–Crippen MR) is 52.4 cm³/mol. The van der Waals surface area contributed by atoms with Crippen molar-refractivity contribution in [3.8, 4) is 0 Å². The molecule has 0 aliphatic carbocycles. The van der Waals surface area contributed by atoms with E-state index in [0.717, 1.165) is 0 Å². The van der Waals surface area contributed by atoms with E-state index in [1.807, 2.05) is 0 Å². The molecule has 0 unspecified atom stereocenters. The van der Waals surface area contributed by atoms with Crippen LogP contribution < -0.4 is 5.32 Å². The molecule has 0 saturated carbocycles. The van der Waals surface area contributed by atoms with Crippen molar-refractivity contribution in [2.45, 2.75) is 18.9 Å². The molecule has 0 aliphatic rings. The molecular formula is C9H15NO5. The van der Waals surface area contributed by atoms with Gasteiger partial charge in [-0.05, 0) is 6.42 Å². The molecule has 0 rings (SSSR count). The maximum atomic E-state index is 10.8. The van der Waals surface area contributed by atoms with Crippen molar-refractivity contribution < 1.29 is 24.5 Å². The van der Waals surface area contributed by atoms with Crippen LogP contribution in [0.3, 0.4) is 0 Å². The number of alkyl carbamates (subject to hydrolysis) is 1. The normalized spacial score (nSPS) is 11.5. The highest BCUT2D eigenvalue weighted by molar-refractivity contribution is 5.67. The summed E-state index contributed by atoms with van der Waals surface area (Å²) in [6, 6.07) is 0. The molecule has 6 heteroatoms. The second kappa shape index (κ2) is 7.81. The molecule has 1 amide bonds. The number of hydrogen-bond donors (Lipinski definition) is 3. The van der Waals surface area contributed by atoms with Gasteiger partial charge in [-0.2, -0.15) is 0 Å². The summed E-state index contributed by atoms with van der Waals surface area (Å²) >= 11 is 0. The number of rotatable bonds is 7. The summed E-state index contributed by atoms with van der Waals surface area (Å²) in [5, 5.41) is 19.8. The Bertz CT molecular complexity index is 229. The molecule has 0 aromatic carbocycles. The molecule has 0 aromatic rings. The van der Waals surface area contributed by atoms with Gasteiger partial charge in [0.1, 0.15) is 6.61 Å². The number of carbonyl (C=O) groups is 2. The van der Waals surface area contributed by atoms with Crippen LogP contribution >= 0.6 is 0 Å². The Labute approximate surface area is 87.5 Å². The quantitative estimate of drug-likeness (QED) is 0.526. The Morgan fingerprint density at radius 3 is 2.73 bits per heavy atom. The first-order chi connectivity index (χ1) is 7.06. The number of amides is 1. The minimum atomic E-state index is -1.07. The Morgan fingerprint density at radius 2 is 2.20 bits per heavy atom. The van der Waals surface area contributed by atoms with Gasteiger partial charge in [0.05, 0.1) is 12.5 Å². The van der Waals surface area contributed by atoms with Crippen molar-refractivity contribution in [2.24, 2.45) is 0 Å². The van der Waals surface area contributed by atoms with Crippen molar-refractivity contribution in [1.82, 2.24) is 5.32 Å². The summed E-state index contributed by atoms with van der Waals surface area (Å²) in [6.07, 6.45) is -0.294. The summed E-state index contributed by atoms with van der Waals surface area (Å²) < 4.78 is 4.59. The Morgan fingerprint density at radius 1 is 1.53 bits per heavy atom. The van der Waals surface area contributed by atoms with Gasteiger partial charge in [0, 0.05) is 6.54 Å². The molecule has 86 valence electrons. The van der Waals surface area contributed by atoms with Crippen LogP contribution in [0.25, 0.3) is 0 Å². The van der Waals surface area contributed by atoms with Crippen molar-refractivity contribution in [1.29, 1.82) is 0 Å². The van der Waals surface area contributed by atoms with Gasteiger partial charge in [-0.15, -0.1) is 0 Å². The zero-order valence-electron chi connectivity index (χ0n) is 8.31. The molecule has 0 bridgehead atoms. The molecule has 6 nitrogen and oxygen atoms in total. The van der Waals surface area contributed by atoms with Gasteiger partial charge in [-0.3, -0.25) is 4.79 Å². The van der Waals surface area contributed by atoms with Gasteiger partial charge >= 0.3 is 12.1 Å². The molecule has 0 fully saturated rings. The summed E-state index contributed by atoms with van der Waals surface area (Å²) in [5.41, 5.74) is 0. The topological polar surface area (TPSA) is 95.9 Å². The molecule has 0 saturated heterocycles. The number of carboxylic acid groups (broad SMARTS) is 1. The number of carbonyl (C=O) groups excluding carboxylic acids is 1. The number of aliphatic hydroxyl groups excluding tert-OH is 1. The van der Waals surface area contributed by atoms with Gasteiger partial charge < -0.3 is 20.3 Å². The largest absolute Gasteiger partial charge is 0.481 e. The number of hydrogen-bond acceptors (Lipinski definition) is 4. The number of nitrogens with one attached hydrogen (secondary N) is 1. The Balaban J connectivity index is 3.47. The lowest BCUT2D eigenvalue weighted by Gasteiger charge is -2.08. The number of ether oxygens (including phenoxy) is 1. The molecule has 0 heterocycles. The Hall–Kier alpha value is -1.56. The first kappa shape index (κ1) is 13.4. The average molecular weight is 217 g/mol. The molecule has 0 aliphatic heterocycles. The number of aliphatic hydroxyl groups is 1. The fourth-order valence-electron chi connectivity index (χ4n) is 0.830. The molecule has 3 N–H and O–H groups in total. The maximum absolute atomic E-state index is 10.8. The van der Waals surface area contributed by atoms with E-state index in [1.165, 1.54) is 6.08 Å². The van der Waals surface area contributed by atoms with Crippen LogP contribution in [0.2, 0.25) is 0 Å². The molecule has 0 spiro atoms. The fourth-order valence-corrected chi connectivity index (χ4v) is 0.830. The minimum Gasteiger partial charge on any atom is -0.481 e. The standard InChI is InChI=1S/C9H15NO5/c1-2-5-15-9(14)10-4-3-7(11)6-8(12)13/h2,7,11H,1,3-6H2,(H,10,14)(H,12,13)/t7-/m0/s1. The predicted octanol–water partition coefficient (Wildman–Crippen LogP) is 0.124. The lowest BCUT2D eigenvalue weighted by molar-refractivity contribution is -0.139. The third-order valence-corrected chi connectivity index (χ3v) is 1.49. The van der Waals surface area contributed by atoms with Crippen molar-refractivity contribution in [3.63, 3.8) is 0 Å². The first-order valence-electron chi connectivity index (χ1n) is 4.47. The maximum Gasteiger partial charge on any atom is 0.407 e. The molecule has 1 atom stereocenters. The summed E-state index contributed by atoms with van der Waals surface area (Å²) in [5.74, 6) is -1.07. The highest BCUT2D eigenvalue weighted by Crippen LogP contribution is 1.96. The van der Waals surface area contributed by atoms with E-state index in [2.05, 4.69) is 16.6 Å². The van der Waals surface area contributed by atoms with E-state index in [-0.39, 0.29) is 26.0 Å². The van der Waals surface area contributed by atoms with Crippen LogP contribution in [0.15, 0.2) is 12.7 Å². The van der Waals surface area contributed by atoms with Gasteiger partial charge in [0.2, 0.25) is 0 Å². The summed E-state index contributed by atoms with van der Waals surface area (Å²) in [6.45, 7) is 3.65.